The van der Waals surface area contributed by atoms with Crippen molar-refractivity contribution in [3.63, 3.8) is 0 Å². The fraction of sp³-hybridized carbons (Fsp3) is 0.500. The van der Waals surface area contributed by atoms with Gasteiger partial charge in [-0.25, -0.2) is 4.79 Å². The molecule has 1 aromatic rings. The number of aryl methyl sites for hydroxylation is 1. The predicted molar refractivity (Wildman–Crippen MR) is 106 cm³/mol. The van der Waals surface area contributed by atoms with Crippen molar-refractivity contribution in [3.8, 4) is 0 Å². The summed E-state index contributed by atoms with van der Waals surface area (Å²) in [5, 5.41) is 15.5. The summed E-state index contributed by atoms with van der Waals surface area (Å²) in [5.41, 5.74) is 0.946. The average molecular weight is 394 g/mol. The minimum atomic E-state index is -1.07. The fourth-order valence-electron chi connectivity index (χ4n) is 3.52. The fourth-order valence-corrected chi connectivity index (χ4v) is 3.84. The lowest BCUT2D eigenvalue weighted by molar-refractivity contribution is 0.109. The highest BCUT2D eigenvalue weighted by molar-refractivity contribution is 6.31. The van der Waals surface area contributed by atoms with E-state index < -0.39 is 17.2 Å². The van der Waals surface area contributed by atoms with Crippen LogP contribution in [0.15, 0.2) is 41.5 Å². The van der Waals surface area contributed by atoms with Crippen molar-refractivity contribution in [3.05, 3.63) is 52.7 Å². The van der Waals surface area contributed by atoms with Crippen LogP contribution in [-0.4, -0.2) is 28.3 Å². The Labute approximate surface area is 165 Å². The van der Waals surface area contributed by atoms with Crippen LogP contribution in [0.25, 0.3) is 0 Å². The number of carboxylic acid groups (broad SMARTS) is 1. The van der Waals surface area contributed by atoms with Crippen LogP contribution in [0, 0.1) is 12.8 Å². The lowest BCUT2D eigenvalue weighted by Crippen LogP contribution is -2.50. The molecule has 0 fully saturated rings. The van der Waals surface area contributed by atoms with E-state index in [9.17, 15) is 4.79 Å². The van der Waals surface area contributed by atoms with Crippen LogP contribution in [0.2, 0.25) is 0 Å². The third-order valence-corrected chi connectivity index (χ3v) is 4.84. The molecule has 0 aromatic carbocycles. The number of hydrogen-bond donors (Lipinski definition) is 3. The zero-order valence-corrected chi connectivity index (χ0v) is 17.2. The summed E-state index contributed by atoms with van der Waals surface area (Å²) in [6, 6.07) is 1.96. The quantitative estimate of drug-likeness (QED) is 0.644. The van der Waals surface area contributed by atoms with E-state index in [0.717, 1.165) is 11.1 Å². The Kier molecular flexibility index (Phi) is 6.42. The van der Waals surface area contributed by atoms with Gasteiger partial charge in [0.05, 0.1) is 16.1 Å². The Morgan fingerprint density at radius 1 is 1.52 bits per heavy atom. The lowest BCUT2D eigenvalue weighted by atomic mass is 9.88. The van der Waals surface area contributed by atoms with E-state index >= 15 is 0 Å². The molecule has 0 bridgehead atoms. The average Bonchev–Trinajstić information content (AvgIpc) is 2.52. The minimum Gasteiger partial charge on any atom is -0.488 e. The maximum Gasteiger partial charge on any atom is 0.405 e. The Balaban J connectivity index is 2.13. The zero-order chi connectivity index (χ0) is 20.2. The molecule has 7 heteroatoms. The lowest BCUT2D eigenvalue weighted by Gasteiger charge is -2.35. The first-order valence-electron chi connectivity index (χ1n) is 8.96. The molecule has 2 unspecified atom stereocenters. The number of rotatable bonds is 7. The van der Waals surface area contributed by atoms with E-state index in [2.05, 4.69) is 15.6 Å². The first kappa shape index (κ1) is 21.1. The van der Waals surface area contributed by atoms with Crippen molar-refractivity contribution in [2.45, 2.75) is 52.1 Å². The van der Waals surface area contributed by atoms with Crippen molar-refractivity contribution in [2.24, 2.45) is 5.92 Å². The monoisotopic (exact) mass is 393 g/mol. The maximum atomic E-state index is 11.1. The van der Waals surface area contributed by atoms with Crippen LogP contribution in [-0.2, 0) is 10.3 Å². The number of hydrogen-bond acceptors (Lipinski definition) is 4. The van der Waals surface area contributed by atoms with Gasteiger partial charge >= 0.3 is 6.09 Å². The summed E-state index contributed by atoms with van der Waals surface area (Å²) in [5.74, 6) is 0.802. The molecule has 6 nitrogen and oxygen atoms in total. The van der Waals surface area contributed by atoms with Crippen LogP contribution in [0.3, 0.4) is 0 Å². The van der Waals surface area contributed by atoms with E-state index in [1.165, 1.54) is 0 Å². The van der Waals surface area contributed by atoms with Crippen LogP contribution >= 0.6 is 11.6 Å². The molecule has 27 heavy (non-hydrogen) atoms. The summed E-state index contributed by atoms with van der Waals surface area (Å²) < 4.78 is 5.88. The van der Waals surface area contributed by atoms with Crippen LogP contribution < -0.4 is 10.6 Å². The second kappa shape index (κ2) is 8.21. The van der Waals surface area contributed by atoms with E-state index in [0.29, 0.717) is 23.1 Å². The van der Waals surface area contributed by atoms with Crippen LogP contribution in [0.4, 0.5) is 4.79 Å². The first-order valence-corrected chi connectivity index (χ1v) is 9.34. The van der Waals surface area contributed by atoms with Gasteiger partial charge in [0, 0.05) is 18.6 Å². The van der Waals surface area contributed by atoms with Gasteiger partial charge in [-0.15, -0.1) is 0 Å². The topological polar surface area (TPSA) is 83.5 Å². The molecule has 2 atom stereocenters. The summed E-state index contributed by atoms with van der Waals surface area (Å²) in [6.07, 6.45) is 6.78. The van der Waals surface area contributed by atoms with E-state index in [-0.39, 0.29) is 6.61 Å². The number of amides is 1. The molecule has 0 aliphatic carbocycles. The standard InChI is InChI=1S/C20H28ClN3O3/c1-13(2)8-19(4,24-18(25)26)12-27-17-11-23-20(5,9-16(17)21)15-6-7-22-10-14(15)3/h6-7,9-11,13,23-24H,8,12H2,1-5H3,(H,25,26). The Bertz CT molecular complexity index is 763. The third kappa shape index (κ3) is 5.39. The molecule has 1 aliphatic heterocycles. The van der Waals surface area contributed by atoms with Gasteiger partial charge < -0.3 is 20.5 Å². The van der Waals surface area contributed by atoms with Crippen molar-refractivity contribution in [2.75, 3.05) is 6.61 Å². The number of carbonyl (C=O) groups is 1. The molecule has 1 aliphatic rings. The summed E-state index contributed by atoms with van der Waals surface area (Å²) in [6.45, 7) is 10.1. The molecule has 148 valence electrons. The second-order valence-electron chi connectivity index (χ2n) is 7.92. The molecule has 1 amide bonds. The van der Waals surface area contributed by atoms with Gasteiger partial charge in [0.2, 0.25) is 0 Å². The van der Waals surface area contributed by atoms with Crippen LogP contribution in [0.5, 0.6) is 0 Å². The van der Waals surface area contributed by atoms with Gasteiger partial charge in [0.25, 0.3) is 0 Å². The highest BCUT2D eigenvalue weighted by Gasteiger charge is 2.32. The molecule has 0 spiro atoms. The number of aromatic nitrogens is 1. The Hall–Kier alpha value is -2.21. The third-order valence-electron chi connectivity index (χ3n) is 4.55. The van der Waals surface area contributed by atoms with Gasteiger partial charge in [-0.05, 0) is 56.4 Å². The predicted octanol–water partition coefficient (Wildman–Crippen LogP) is 4.26. The molecule has 0 radical (unpaired) electrons. The number of pyridine rings is 1. The largest absolute Gasteiger partial charge is 0.488 e. The number of nitrogens with one attached hydrogen (secondary N) is 2. The van der Waals surface area contributed by atoms with E-state index in [1.54, 1.807) is 12.4 Å². The molecular weight excluding hydrogens is 366 g/mol. The minimum absolute atomic E-state index is 0.181. The Morgan fingerprint density at radius 3 is 2.78 bits per heavy atom. The zero-order valence-electron chi connectivity index (χ0n) is 16.5. The maximum absolute atomic E-state index is 11.1. The normalized spacial score (nSPS) is 21.6. The van der Waals surface area contributed by atoms with Gasteiger partial charge in [-0.1, -0.05) is 25.4 Å². The molecule has 0 saturated heterocycles. The molecule has 0 saturated carbocycles. The highest BCUT2D eigenvalue weighted by atomic mass is 35.5. The van der Waals surface area contributed by atoms with Gasteiger partial charge in [-0.3, -0.25) is 4.98 Å². The number of nitrogens with zero attached hydrogens (tertiary/aromatic N) is 1. The Morgan fingerprint density at radius 2 is 2.22 bits per heavy atom. The number of allylic oxidation sites excluding steroid dienone is 1. The van der Waals surface area contributed by atoms with Gasteiger partial charge in [-0.2, -0.15) is 0 Å². The molecule has 2 heterocycles. The van der Waals surface area contributed by atoms with E-state index in [1.807, 2.05) is 53.0 Å². The summed E-state index contributed by atoms with van der Waals surface area (Å²) in [7, 11) is 0. The van der Waals surface area contributed by atoms with Crippen LogP contribution in [0.1, 0.15) is 45.2 Å². The van der Waals surface area contributed by atoms with E-state index in [4.69, 9.17) is 21.4 Å². The molecule has 1 aromatic heterocycles. The SMILES string of the molecule is Cc1cnccc1C1(C)C=C(Cl)C(OCC(C)(CC(C)C)NC(=O)O)=CN1. The molecule has 2 rings (SSSR count). The molecule has 3 N–H and O–H groups in total. The number of dihydropyridines is 1. The second-order valence-corrected chi connectivity index (χ2v) is 8.32. The van der Waals surface area contributed by atoms with Gasteiger partial charge in [0.15, 0.2) is 5.76 Å². The van der Waals surface area contributed by atoms with Gasteiger partial charge in [0.1, 0.15) is 6.61 Å². The summed E-state index contributed by atoms with van der Waals surface area (Å²) in [4.78, 5) is 15.3. The first-order chi connectivity index (χ1) is 12.5. The highest BCUT2D eigenvalue weighted by Crippen LogP contribution is 2.33. The number of halogens is 1. The summed E-state index contributed by atoms with van der Waals surface area (Å²) >= 11 is 6.49. The van der Waals surface area contributed by atoms with Crippen molar-refractivity contribution >= 4 is 17.7 Å². The number of ether oxygens (including phenoxy) is 1. The van der Waals surface area contributed by atoms with Crippen molar-refractivity contribution < 1.29 is 14.6 Å². The smallest absolute Gasteiger partial charge is 0.405 e. The van der Waals surface area contributed by atoms with Crippen molar-refractivity contribution in [1.29, 1.82) is 0 Å². The van der Waals surface area contributed by atoms with Crippen molar-refractivity contribution in [1.82, 2.24) is 15.6 Å². The molecular formula is C20H28ClN3O3.